The highest BCUT2D eigenvalue weighted by atomic mass is 15.3. The molecule has 2 saturated heterocycles. The van der Waals surface area contributed by atoms with Crippen molar-refractivity contribution < 1.29 is 8.97 Å². The van der Waals surface area contributed by atoms with Crippen LogP contribution in [0.15, 0.2) is 0 Å². The van der Waals surface area contributed by atoms with Crippen molar-refractivity contribution in [3.8, 4) is 0 Å². The van der Waals surface area contributed by atoms with Gasteiger partial charge in [-0.3, -0.25) is 0 Å². The molecule has 0 spiro atoms. The molecule has 2 aliphatic heterocycles. The fraction of sp³-hybridized carbons (Fsp3) is 1.00. The molecule has 2 fully saturated rings. The molecule has 2 heteroatoms. The number of likely N-dealkylation sites (tertiary alicyclic amines) is 2. The van der Waals surface area contributed by atoms with Crippen LogP contribution in [0.25, 0.3) is 0 Å². The highest BCUT2D eigenvalue weighted by Crippen LogP contribution is 2.12. The summed E-state index contributed by atoms with van der Waals surface area (Å²) in [6.07, 6.45) is 7.21. The molecule has 0 atom stereocenters. The highest BCUT2D eigenvalue weighted by molar-refractivity contribution is 4.48. The van der Waals surface area contributed by atoms with Crippen LogP contribution in [0.4, 0.5) is 0 Å². The van der Waals surface area contributed by atoms with E-state index in [1.807, 2.05) is 27.7 Å². The summed E-state index contributed by atoms with van der Waals surface area (Å²) in [5.41, 5.74) is 0. The minimum absolute atomic E-state index is 1.25. The summed E-state index contributed by atoms with van der Waals surface area (Å²) >= 11 is 0. The number of hydrogen-bond acceptors (Lipinski definition) is 0. The number of nitrogens with zero attached hydrogens (tertiary/aromatic N) is 2. The van der Waals surface area contributed by atoms with E-state index in [1.165, 1.54) is 67.2 Å². The Balaban J connectivity index is 0. The van der Waals surface area contributed by atoms with Crippen molar-refractivity contribution in [2.75, 3.05) is 54.4 Å². The van der Waals surface area contributed by atoms with Crippen molar-refractivity contribution in [3.63, 3.8) is 0 Å². The summed E-state index contributed by atoms with van der Waals surface area (Å²) in [6.45, 7) is 13.6. The SMILES string of the molecule is CC.CC.C[N+]1(C)CCCC1.C[N+]1(C)CCCCC1. The van der Waals surface area contributed by atoms with Crippen LogP contribution in [0.3, 0.4) is 0 Å². The Morgan fingerprint density at radius 3 is 0.789 bits per heavy atom. The van der Waals surface area contributed by atoms with E-state index in [0.717, 1.165) is 0 Å². The van der Waals surface area contributed by atoms with Crippen LogP contribution in [-0.2, 0) is 0 Å². The summed E-state index contributed by atoms with van der Waals surface area (Å²) in [7, 11) is 9.23. The molecule has 0 radical (unpaired) electrons. The first-order valence-electron chi connectivity index (χ1n) is 8.55. The van der Waals surface area contributed by atoms with Gasteiger partial charge >= 0.3 is 0 Å². The molecule has 0 aliphatic carbocycles. The zero-order valence-corrected chi connectivity index (χ0v) is 15.3. The fourth-order valence-electron chi connectivity index (χ4n) is 2.56. The van der Waals surface area contributed by atoms with E-state index in [9.17, 15) is 0 Å². The standard InChI is InChI=1S/C7H16N.C6H14N.2C2H6/c1-8(2)6-4-3-5-7-8;1-7(2)5-3-4-6-7;2*1-2/h3-7H2,1-2H3;3-6H2,1-2H3;2*1-2H3/q2*+1;;. The summed E-state index contributed by atoms with van der Waals surface area (Å²) in [4.78, 5) is 0. The van der Waals surface area contributed by atoms with Crippen molar-refractivity contribution in [1.29, 1.82) is 0 Å². The topological polar surface area (TPSA) is 0 Å². The van der Waals surface area contributed by atoms with Crippen LogP contribution in [0.1, 0.15) is 59.8 Å². The third-order valence-corrected chi connectivity index (χ3v) is 3.80. The van der Waals surface area contributed by atoms with Gasteiger partial charge in [-0.05, 0) is 19.3 Å². The van der Waals surface area contributed by atoms with Crippen molar-refractivity contribution in [2.45, 2.75) is 59.8 Å². The summed E-state index contributed by atoms with van der Waals surface area (Å²) in [5.74, 6) is 0. The zero-order valence-electron chi connectivity index (χ0n) is 15.3. The largest absolute Gasteiger partial charge is 0.328 e. The fourth-order valence-corrected chi connectivity index (χ4v) is 2.56. The van der Waals surface area contributed by atoms with Crippen LogP contribution >= 0.6 is 0 Å². The van der Waals surface area contributed by atoms with Crippen molar-refractivity contribution in [3.05, 3.63) is 0 Å². The Morgan fingerprint density at radius 2 is 0.632 bits per heavy atom. The number of rotatable bonds is 0. The van der Waals surface area contributed by atoms with Crippen LogP contribution in [0.5, 0.6) is 0 Å². The summed E-state index contributed by atoms with van der Waals surface area (Å²) in [6, 6.07) is 0. The van der Waals surface area contributed by atoms with E-state index in [0.29, 0.717) is 0 Å². The van der Waals surface area contributed by atoms with Gasteiger partial charge in [0, 0.05) is 12.8 Å². The second kappa shape index (κ2) is 11.7. The molecular formula is C17H42N2+2. The van der Waals surface area contributed by atoms with Crippen molar-refractivity contribution >= 4 is 0 Å². The lowest BCUT2D eigenvalue weighted by Gasteiger charge is -2.33. The second-order valence-electron chi connectivity index (χ2n) is 6.53. The minimum Gasteiger partial charge on any atom is -0.328 e. The van der Waals surface area contributed by atoms with Gasteiger partial charge in [-0.1, -0.05) is 27.7 Å². The van der Waals surface area contributed by atoms with Gasteiger partial charge in [-0.2, -0.15) is 0 Å². The molecular weight excluding hydrogens is 232 g/mol. The third-order valence-electron chi connectivity index (χ3n) is 3.80. The number of quaternary nitrogens is 2. The van der Waals surface area contributed by atoms with Gasteiger partial charge in [0.25, 0.3) is 0 Å². The smallest absolute Gasteiger partial charge is 0.0784 e. The predicted molar refractivity (Wildman–Crippen MR) is 89.5 cm³/mol. The molecule has 2 aliphatic rings. The van der Waals surface area contributed by atoms with Crippen molar-refractivity contribution in [1.82, 2.24) is 0 Å². The number of hydrogen-bond donors (Lipinski definition) is 0. The van der Waals surface area contributed by atoms with Gasteiger partial charge in [-0.15, -0.1) is 0 Å². The average molecular weight is 275 g/mol. The molecule has 0 aromatic rings. The molecule has 2 nitrogen and oxygen atoms in total. The molecule has 0 aromatic carbocycles. The van der Waals surface area contributed by atoms with Gasteiger partial charge in [-0.25, -0.2) is 0 Å². The first-order chi connectivity index (χ1) is 8.91. The molecule has 0 N–H and O–H groups in total. The first kappa shape index (κ1) is 21.2. The van der Waals surface area contributed by atoms with E-state index in [4.69, 9.17) is 0 Å². The van der Waals surface area contributed by atoms with Crippen molar-refractivity contribution in [2.24, 2.45) is 0 Å². The Kier molecular flexibility index (Phi) is 13.1. The minimum atomic E-state index is 1.25. The van der Waals surface area contributed by atoms with E-state index in [1.54, 1.807) is 0 Å². The molecule has 2 heterocycles. The quantitative estimate of drug-likeness (QED) is 0.582. The van der Waals surface area contributed by atoms with Crippen LogP contribution in [0, 0.1) is 0 Å². The molecule has 118 valence electrons. The van der Waals surface area contributed by atoms with Gasteiger partial charge in [0.15, 0.2) is 0 Å². The highest BCUT2D eigenvalue weighted by Gasteiger charge is 2.20. The molecule has 0 bridgehead atoms. The number of piperidine rings is 1. The Morgan fingerprint density at radius 1 is 0.421 bits per heavy atom. The lowest BCUT2D eigenvalue weighted by atomic mass is 10.1. The van der Waals surface area contributed by atoms with E-state index in [-0.39, 0.29) is 0 Å². The lowest BCUT2D eigenvalue weighted by molar-refractivity contribution is -0.894. The monoisotopic (exact) mass is 274 g/mol. The molecule has 0 unspecified atom stereocenters. The summed E-state index contributed by atoms with van der Waals surface area (Å²) < 4.78 is 2.50. The summed E-state index contributed by atoms with van der Waals surface area (Å²) in [5, 5.41) is 0. The maximum atomic E-state index is 2.32. The third kappa shape index (κ3) is 12.7. The lowest BCUT2D eigenvalue weighted by Crippen LogP contribution is -2.43. The van der Waals surface area contributed by atoms with E-state index in [2.05, 4.69) is 28.2 Å². The maximum absolute atomic E-state index is 2.32. The van der Waals surface area contributed by atoms with Gasteiger partial charge < -0.3 is 8.97 Å². The second-order valence-corrected chi connectivity index (χ2v) is 6.53. The van der Waals surface area contributed by atoms with Gasteiger partial charge in [0.1, 0.15) is 0 Å². The molecule has 0 amide bonds. The normalized spacial score (nSPS) is 22.7. The first-order valence-corrected chi connectivity index (χ1v) is 8.55. The Labute approximate surface area is 124 Å². The van der Waals surface area contributed by atoms with Gasteiger partial charge in [0.2, 0.25) is 0 Å². The van der Waals surface area contributed by atoms with Crippen LogP contribution < -0.4 is 0 Å². The van der Waals surface area contributed by atoms with Crippen LogP contribution in [0.2, 0.25) is 0 Å². The zero-order chi connectivity index (χ0) is 15.4. The predicted octanol–water partition coefficient (Wildman–Crippen LogP) is 4.16. The van der Waals surface area contributed by atoms with E-state index >= 15 is 0 Å². The Bertz CT molecular complexity index is 170. The molecule has 0 saturated carbocycles. The Hall–Kier alpha value is -0.0800. The van der Waals surface area contributed by atoms with Crippen LogP contribution in [-0.4, -0.2) is 63.3 Å². The van der Waals surface area contributed by atoms with Gasteiger partial charge in [0.05, 0.1) is 54.4 Å². The van der Waals surface area contributed by atoms with E-state index < -0.39 is 0 Å². The molecule has 0 aromatic heterocycles. The molecule has 19 heavy (non-hydrogen) atoms. The maximum Gasteiger partial charge on any atom is 0.0784 e. The average Bonchev–Trinajstić information content (AvgIpc) is 2.79. The molecule has 2 rings (SSSR count).